The lowest BCUT2D eigenvalue weighted by Crippen LogP contribution is -2.32. The molecule has 2 heterocycles. The summed E-state index contributed by atoms with van der Waals surface area (Å²) >= 11 is 0. The highest BCUT2D eigenvalue weighted by atomic mass is 19.4. The predicted molar refractivity (Wildman–Crippen MR) is 108 cm³/mol. The topological polar surface area (TPSA) is 53.6 Å². The van der Waals surface area contributed by atoms with Crippen LogP contribution in [0.2, 0.25) is 0 Å². The zero-order chi connectivity index (χ0) is 21.5. The van der Waals surface area contributed by atoms with Gasteiger partial charge in [-0.1, -0.05) is 12.8 Å². The maximum absolute atomic E-state index is 12.8. The SMILES string of the molecule is CC(C)N1C=CC=NC1c1c(C#N)c2ccc(OC(F)(F)F)cc2n1C1CCCC1. The van der Waals surface area contributed by atoms with Crippen LogP contribution in [0.5, 0.6) is 5.75 Å². The van der Waals surface area contributed by atoms with E-state index in [2.05, 4.69) is 20.7 Å². The molecular weight excluding hydrogens is 393 g/mol. The number of halogens is 3. The van der Waals surface area contributed by atoms with Crippen LogP contribution in [0.3, 0.4) is 0 Å². The molecule has 1 atom stereocenters. The second-order valence-electron chi connectivity index (χ2n) is 7.96. The third-order valence-electron chi connectivity index (χ3n) is 5.74. The molecular formula is C22H23F3N4O. The molecule has 2 aliphatic rings. The van der Waals surface area contributed by atoms with E-state index in [0.717, 1.165) is 31.4 Å². The van der Waals surface area contributed by atoms with E-state index in [4.69, 9.17) is 0 Å². The highest BCUT2D eigenvalue weighted by Crippen LogP contribution is 2.43. The number of aliphatic imine (C=N–C) groups is 1. The third-order valence-corrected chi connectivity index (χ3v) is 5.74. The van der Waals surface area contributed by atoms with Gasteiger partial charge in [-0.25, -0.2) is 0 Å². The maximum atomic E-state index is 12.8. The number of fused-ring (bicyclic) bond motifs is 1. The molecule has 1 aliphatic carbocycles. The number of benzene rings is 1. The first-order chi connectivity index (χ1) is 14.3. The van der Waals surface area contributed by atoms with Gasteiger partial charge in [-0.2, -0.15) is 5.26 Å². The molecule has 0 radical (unpaired) electrons. The zero-order valence-corrected chi connectivity index (χ0v) is 16.9. The van der Waals surface area contributed by atoms with Crippen LogP contribution >= 0.6 is 0 Å². The second-order valence-corrected chi connectivity index (χ2v) is 7.96. The van der Waals surface area contributed by atoms with Gasteiger partial charge in [0.05, 0.1) is 16.8 Å². The number of allylic oxidation sites excluding steroid dienone is 1. The molecule has 1 saturated carbocycles. The number of rotatable bonds is 4. The molecule has 2 aromatic rings. The molecule has 1 aromatic heterocycles. The monoisotopic (exact) mass is 416 g/mol. The van der Waals surface area contributed by atoms with E-state index >= 15 is 0 Å². The molecule has 1 unspecified atom stereocenters. The largest absolute Gasteiger partial charge is 0.573 e. The minimum Gasteiger partial charge on any atom is -0.406 e. The van der Waals surface area contributed by atoms with Crippen molar-refractivity contribution in [3.8, 4) is 11.8 Å². The molecule has 1 aliphatic heterocycles. The lowest BCUT2D eigenvalue weighted by Gasteiger charge is -2.34. The van der Waals surface area contributed by atoms with Gasteiger partial charge in [0, 0.05) is 36.0 Å². The first kappa shape index (κ1) is 20.3. The first-order valence-corrected chi connectivity index (χ1v) is 10.1. The summed E-state index contributed by atoms with van der Waals surface area (Å²) in [7, 11) is 0. The van der Waals surface area contributed by atoms with E-state index in [-0.39, 0.29) is 17.8 Å². The van der Waals surface area contributed by atoms with Crippen LogP contribution in [-0.2, 0) is 0 Å². The lowest BCUT2D eigenvalue weighted by molar-refractivity contribution is -0.274. The minimum absolute atomic E-state index is 0.112. The molecule has 8 heteroatoms. The van der Waals surface area contributed by atoms with Gasteiger partial charge >= 0.3 is 6.36 Å². The fourth-order valence-corrected chi connectivity index (χ4v) is 4.53. The van der Waals surface area contributed by atoms with Crippen LogP contribution in [0.15, 0.2) is 35.5 Å². The fraction of sp³-hybridized carbons (Fsp3) is 0.455. The van der Waals surface area contributed by atoms with Crippen molar-refractivity contribution in [1.29, 1.82) is 5.26 Å². The second kappa shape index (κ2) is 7.71. The first-order valence-electron chi connectivity index (χ1n) is 10.1. The highest BCUT2D eigenvalue weighted by molar-refractivity contribution is 5.90. The van der Waals surface area contributed by atoms with Crippen LogP contribution in [0.25, 0.3) is 10.9 Å². The molecule has 0 amide bonds. The van der Waals surface area contributed by atoms with E-state index in [1.165, 1.54) is 12.1 Å². The molecule has 0 N–H and O–H groups in total. The van der Waals surface area contributed by atoms with Crippen molar-refractivity contribution < 1.29 is 17.9 Å². The number of nitriles is 1. The minimum atomic E-state index is -4.77. The Hall–Kier alpha value is -2.95. The van der Waals surface area contributed by atoms with Crippen LogP contribution in [-0.4, -0.2) is 28.1 Å². The van der Waals surface area contributed by atoms with Crippen molar-refractivity contribution >= 4 is 17.1 Å². The van der Waals surface area contributed by atoms with Crippen molar-refractivity contribution in [2.24, 2.45) is 4.99 Å². The molecule has 0 saturated heterocycles. The Kier molecular flexibility index (Phi) is 5.22. The molecule has 1 fully saturated rings. The van der Waals surface area contributed by atoms with Gasteiger partial charge in [0.15, 0.2) is 6.17 Å². The summed E-state index contributed by atoms with van der Waals surface area (Å²) in [5.74, 6) is -0.282. The van der Waals surface area contributed by atoms with Crippen molar-refractivity contribution in [1.82, 2.24) is 9.47 Å². The third kappa shape index (κ3) is 3.64. The molecule has 0 bridgehead atoms. The summed E-state index contributed by atoms with van der Waals surface area (Å²) < 4.78 is 44.6. The molecule has 5 nitrogen and oxygen atoms in total. The van der Waals surface area contributed by atoms with E-state index in [1.54, 1.807) is 12.3 Å². The average Bonchev–Trinajstić information content (AvgIpc) is 3.31. The van der Waals surface area contributed by atoms with Gasteiger partial charge in [-0.05, 0) is 44.9 Å². The van der Waals surface area contributed by atoms with Crippen LogP contribution in [0.4, 0.5) is 13.2 Å². The Bertz CT molecular complexity index is 1040. The Balaban J connectivity index is 1.96. The lowest BCUT2D eigenvalue weighted by atomic mass is 10.1. The van der Waals surface area contributed by atoms with Crippen LogP contribution in [0.1, 0.15) is 63.0 Å². The standard InChI is InChI=1S/C22H23F3N4O/c1-14(2)28-11-5-10-27-21(28)20-18(13-26)17-9-8-16(30-22(23,24)25)12-19(17)29(20)15-6-3-4-7-15/h5,8-12,14-15,21H,3-4,6-7H2,1-2H3. The molecule has 30 heavy (non-hydrogen) atoms. The van der Waals surface area contributed by atoms with E-state index in [1.807, 2.05) is 30.7 Å². The van der Waals surface area contributed by atoms with Crippen LogP contribution < -0.4 is 4.74 Å². The highest BCUT2D eigenvalue weighted by Gasteiger charge is 2.34. The van der Waals surface area contributed by atoms with Gasteiger partial charge in [-0.15, -0.1) is 13.2 Å². The van der Waals surface area contributed by atoms with Gasteiger partial charge in [0.2, 0.25) is 0 Å². The van der Waals surface area contributed by atoms with Gasteiger partial charge in [0.1, 0.15) is 11.8 Å². The van der Waals surface area contributed by atoms with E-state index < -0.39 is 12.5 Å². The molecule has 4 rings (SSSR count). The Labute approximate surface area is 173 Å². The average molecular weight is 416 g/mol. The number of ether oxygens (including phenoxy) is 1. The van der Waals surface area contributed by atoms with Crippen molar-refractivity contribution in [2.75, 3.05) is 0 Å². The molecule has 0 spiro atoms. The fourth-order valence-electron chi connectivity index (χ4n) is 4.53. The number of aromatic nitrogens is 1. The zero-order valence-electron chi connectivity index (χ0n) is 16.9. The normalized spacial score (nSPS) is 19.8. The van der Waals surface area contributed by atoms with Gasteiger partial charge < -0.3 is 14.2 Å². The van der Waals surface area contributed by atoms with Gasteiger partial charge in [0.25, 0.3) is 0 Å². The molecule has 158 valence electrons. The van der Waals surface area contributed by atoms with Gasteiger partial charge in [-0.3, -0.25) is 4.99 Å². The summed E-state index contributed by atoms with van der Waals surface area (Å²) in [6.45, 7) is 4.09. The number of hydrogen-bond donors (Lipinski definition) is 0. The summed E-state index contributed by atoms with van der Waals surface area (Å²) in [4.78, 5) is 6.71. The smallest absolute Gasteiger partial charge is 0.406 e. The number of nitrogens with zero attached hydrogens (tertiary/aromatic N) is 4. The van der Waals surface area contributed by atoms with Crippen LogP contribution in [0, 0.1) is 11.3 Å². The number of alkyl halides is 3. The van der Waals surface area contributed by atoms with Crippen molar-refractivity contribution in [3.63, 3.8) is 0 Å². The Morgan fingerprint density at radius 2 is 1.97 bits per heavy atom. The predicted octanol–water partition coefficient (Wildman–Crippen LogP) is 5.83. The summed E-state index contributed by atoms with van der Waals surface area (Å²) in [5, 5.41) is 10.6. The summed E-state index contributed by atoms with van der Waals surface area (Å²) in [6, 6.07) is 6.76. The maximum Gasteiger partial charge on any atom is 0.573 e. The van der Waals surface area contributed by atoms with Crippen molar-refractivity contribution in [3.05, 3.63) is 41.7 Å². The quantitative estimate of drug-likeness (QED) is 0.630. The molecule has 1 aromatic carbocycles. The van der Waals surface area contributed by atoms with E-state index in [9.17, 15) is 18.4 Å². The van der Waals surface area contributed by atoms with E-state index in [0.29, 0.717) is 16.5 Å². The van der Waals surface area contributed by atoms with Crippen molar-refractivity contribution in [2.45, 2.75) is 64.1 Å². The Morgan fingerprint density at radius 1 is 1.23 bits per heavy atom. The number of hydrogen-bond acceptors (Lipinski definition) is 4. The summed E-state index contributed by atoms with van der Waals surface area (Å²) in [5.41, 5.74) is 1.78. The summed E-state index contributed by atoms with van der Waals surface area (Å²) in [6.07, 6.45) is 4.24. The Morgan fingerprint density at radius 3 is 2.60 bits per heavy atom.